The molecule has 0 aliphatic carbocycles. The van der Waals surface area contributed by atoms with Crippen molar-refractivity contribution in [3.05, 3.63) is 82.4 Å². The summed E-state index contributed by atoms with van der Waals surface area (Å²) in [5.41, 5.74) is 6.93. The maximum Gasteiger partial charge on any atom is 0.417 e. The number of nitrogens with zero attached hydrogens (tertiary/aromatic N) is 4. The maximum absolute atomic E-state index is 14.8. The molecule has 9 rings (SSSR count). The first-order chi connectivity index (χ1) is 45.2. The van der Waals surface area contributed by atoms with E-state index in [0.29, 0.717) is 121 Å². The van der Waals surface area contributed by atoms with Gasteiger partial charge in [-0.15, -0.1) is 0 Å². The van der Waals surface area contributed by atoms with Crippen LogP contribution in [0.25, 0.3) is 0 Å². The van der Waals surface area contributed by atoms with E-state index in [1.807, 2.05) is 18.2 Å². The molecule has 6 atom stereocenters. The molecule has 5 amide bonds. The number of amides is 5. The predicted octanol–water partition coefficient (Wildman–Crippen LogP) is 8.37. The summed E-state index contributed by atoms with van der Waals surface area (Å²) in [6, 6.07) is 10.8. The normalized spacial score (nSPS) is 21.2. The van der Waals surface area contributed by atoms with Gasteiger partial charge in [-0.1, -0.05) is 24.0 Å². The number of hydrogen-bond donors (Lipinski definition) is 2. The highest BCUT2D eigenvalue weighted by Gasteiger charge is 2.51. The lowest BCUT2D eigenvalue weighted by Gasteiger charge is -2.39. The summed E-state index contributed by atoms with van der Waals surface area (Å²) in [7, 11) is 2.94. The van der Waals surface area contributed by atoms with Gasteiger partial charge < -0.3 is 87.2 Å². The highest BCUT2D eigenvalue weighted by molar-refractivity contribution is 6.07. The van der Waals surface area contributed by atoms with Crippen molar-refractivity contribution in [2.24, 2.45) is 5.73 Å². The number of hydrogen-bond acceptors (Lipinski definition) is 20. The quantitative estimate of drug-likeness (QED) is 0.0412. The molecule has 6 heterocycles. The van der Waals surface area contributed by atoms with Gasteiger partial charge in [0.25, 0.3) is 11.8 Å². The summed E-state index contributed by atoms with van der Waals surface area (Å²) < 4.78 is 85.0. The Morgan fingerprint density at radius 3 is 1.61 bits per heavy atom. The van der Waals surface area contributed by atoms with E-state index in [9.17, 15) is 24.0 Å². The smallest absolute Gasteiger partial charge is 0.417 e. The molecule has 3 aromatic rings. The van der Waals surface area contributed by atoms with Gasteiger partial charge in [0, 0.05) is 57.0 Å². The first-order valence-corrected chi connectivity index (χ1v) is 32.7. The second-order valence-electron chi connectivity index (χ2n) is 25.7. The number of nitrogens with one attached hydrogen (secondary N) is 1. The minimum absolute atomic E-state index is 0.0179. The third-order valence-electron chi connectivity index (χ3n) is 16.2. The van der Waals surface area contributed by atoms with Gasteiger partial charge in [0.2, 0.25) is 5.91 Å². The van der Waals surface area contributed by atoms with Crippen LogP contribution in [0.2, 0.25) is 0 Å². The molecule has 4 fully saturated rings. The fraction of sp³-hybridized carbons (Fsp3) is 0.609. The van der Waals surface area contributed by atoms with Gasteiger partial charge in [0.1, 0.15) is 24.4 Å². The van der Waals surface area contributed by atoms with Crippen LogP contribution in [-0.4, -0.2) is 194 Å². The number of fused-ring (bicyclic) bond motifs is 4. The molecule has 0 saturated carbocycles. The van der Waals surface area contributed by atoms with E-state index in [4.69, 9.17) is 72.0 Å². The highest BCUT2D eigenvalue weighted by atomic mass is 16.7. The molecule has 25 nitrogen and oxygen atoms in total. The van der Waals surface area contributed by atoms with E-state index in [2.05, 4.69) is 23.7 Å². The summed E-state index contributed by atoms with van der Waals surface area (Å²) in [4.78, 5) is 78.1. The maximum atomic E-state index is 14.8. The lowest BCUT2D eigenvalue weighted by molar-refractivity contribution is -0.196. The fourth-order valence-electron chi connectivity index (χ4n) is 11.9. The summed E-state index contributed by atoms with van der Waals surface area (Å²) in [5.74, 6) is 6.19. The Bertz CT molecular complexity index is 3180. The minimum Gasteiger partial charge on any atom is -0.493 e. The summed E-state index contributed by atoms with van der Waals surface area (Å²) in [6.45, 7) is 19.9. The number of benzene rings is 3. The molecule has 94 heavy (non-hydrogen) atoms. The molecule has 3 aromatic carbocycles. The molecule has 6 aliphatic heterocycles. The Hall–Kier alpha value is -7.25. The van der Waals surface area contributed by atoms with E-state index in [1.54, 1.807) is 75.6 Å². The number of rotatable bonds is 27. The summed E-state index contributed by atoms with van der Waals surface area (Å²) >= 11 is 0. The van der Waals surface area contributed by atoms with E-state index < -0.39 is 60.5 Å². The van der Waals surface area contributed by atoms with Crippen LogP contribution in [-0.2, 0) is 65.4 Å². The Morgan fingerprint density at radius 2 is 1.12 bits per heavy atom. The molecule has 0 spiro atoms. The fourth-order valence-corrected chi connectivity index (χ4v) is 11.9. The zero-order valence-electron chi connectivity index (χ0n) is 55.7. The average Bonchev–Trinajstić information content (AvgIpc) is 1.51. The average molecular weight is 1310 g/mol. The second kappa shape index (κ2) is 33.4. The molecule has 25 heteroatoms. The van der Waals surface area contributed by atoms with Gasteiger partial charge >= 0.3 is 12.2 Å². The number of nitrogens with two attached hydrogens (primary N) is 1. The highest BCUT2D eigenvalue weighted by Crippen LogP contribution is 2.46. The molecule has 0 radical (unpaired) electrons. The van der Waals surface area contributed by atoms with Crippen LogP contribution in [0, 0.1) is 11.8 Å². The van der Waals surface area contributed by atoms with Gasteiger partial charge in [-0.05, 0) is 141 Å². The van der Waals surface area contributed by atoms with Crippen LogP contribution in [0.3, 0.4) is 0 Å². The third-order valence-corrected chi connectivity index (χ3v) is 16.2. The van der Waals surface area contributed by atoms with Crippen LogP contribution in [0.15, 0.2) is 54.6 Å². The topological polar surface area (TPSA) is 266 Å². The standard InChI is InChI=1S/C69H94N6O19/c1-45-34-54-65(92-61-19-11-13-25-88-61)75(67(80)94-69(5,6)7)53-41-58(56(82-9)39-50(53)63(78)73(54)42-45)90-44-48-36-46(16-14-22-71-59(76)20-26-83-28-30-85-32-33-86-31-29-84-27-21-70)35-47(37-48)43-89-57-40-52-49(38-55(57)81-8)62(77)72-23-15-17-51(72)64(91-60-18-10-12-24-87-60)74(52)66(79)93-68(2,3)4/h35-41,51,54,60-61,64-65H,1,10-13,15,17-34,42-44,70H2,2-9H3,(H,71,76)/t51-,54-,60?,61?,64-,65?/m0/s1. The molecular weight excluding hydrogens is 1220 g/mol. The minimum atomic E-state index is -1.04. The number of ether oxygens (including phenoxy) is 14. The SMILES string of the molecule is C=C1C[C@H]2C(OC3CCCCO3)N(C(=O)OC(C)(C)C)c3cc(OCc4cc(C#CCNC(=O)CCOCCOCCOCCOCCN)cc(COc5cc6c(cc5OC)C(=O)N5CCC[C@H]5[C@H](OC5CCCCO5)N6C(=O)OC(C)(C)C)c4)c(OC)cc3C(=O)N2C1. The largest absolute Gasteiger partial charge is 0.493 e. The van der Waals surface area contributed by atoms with Gasteiger partial charge in [-0.2, -0.15) is 0 Å². The Morgan fingerprint density at radius 1 is 0.617 bits per heavy atom. The van der Waals surface area contributed by atoms with Crippen LogP contribution >= 0.6 is 0 Å². The monoisotopic (exact) mass is 1310 g/mol. The van der Waals surface area contributed by atoms with Crippen molar-refractivity contribution in [2.45, 2.75) is 167 Å². The molecule has 514 valence electrons. The molecule has 0 aromatic heterocycles. The molecule has 4 saturated heterocycles. The van der Waals surface area contributed by atoms with Crippen molar-refractivity contribution in [1.29, 1.82) is 0 Å². The molecule has 6 aliphatic rings. The first kappa shape index (κ1) is 71.1. The van der Waals surface area contributed by atoms with E-state index in [0.717, 1.165) is 31.3 Å². The zero-order chi connectivity index (χ0) is 66.9. The molecular formula is C69H94N6O19. The number of carbonyl (C=O) groups is 5. The number of methoxy groups -OCH3 is 2. The third kappa shape index (κ3) is 19.0. The van der Waals surface area contributed by atoms with Crippen molar-refractivity contribution in [3.8, 4) is 34.8 Å². The first-order valence-electron chi connectivity index (χ1n) is 32.7. The van der Waals surface area contributed by atoms with Gasteiger partial charge in [0.15, 0.2) is 48.0 Å². The predicted molar refractivity (Wildman–Crippen MR) is 345 cm³/mol. The summed E-state index contributed by atoms with van der Waals surface area (Å²) in [5, 5.41) is 2.84. The molecule has 3 N–H and O–H groups in total. The Labute approximate surface area is 551 Å². The van der Waals surface area contributed by atoms with E-state index >= 15 is 0 Å². The van der Waals surface area contributed by atoms with Gasteiger partial charge in [-0.25, -0.2) is 19.4 Å². The van der Waals surface area contributed by atoms with E-state index in [1.165, 1.54) is 24.0 Å². The number of carbonyl (C=O) groups excluding carboxylic acids is 5. The van der Waals surface area contributed by atoms with Crippen molar-refractivity contribution in [1.82, 2.24) is 15.1 Å². The lowest BCUT2D eigenvalue weighted by atomic mass is 10.1. The van der Waals surface area contributed by atoms with Gasteiger partial charge in [-0.3, -0.25) is 14.4 Å². The van der Waals surface area contributed by atoms with Crippen LogP contribution in [0.4, 0.5) is 21.0 Å². The van der Waals surface area contributed by atoms with Crippen LogP contribution in [0.5, 0.6) is 23.0 Å². The van der Waals surface area contributed by atoms with Crippen LogP contribution in [0.1, 0.15) is 143 Å². The van der Waals surface area contributed by atoms with Crippen molar-refractivity contribution in [2.75, 3.05) is 116 Å². The molecule has 0 bridgehead atoms. The summed E-state index contributed by atoms with van der Waals surface area (Å²) in [6.07, 6.45) is 1.74. The Balaban J connectivity index is 0.998. The zero-order valence-corrected chi connectivity index (χ0v) is 55.7. The van der Waals surface area contributed by atoms with Crippen LogP contribution < -0.4 is 39.8 Å². The van der Waals surface area contributed by atoms with Gasteiger partial charge in [0.05, 0.1) is 108 Å². The van der Waals surface area contributed by atoms with Crippen molar-refractivity contribution < 1.29 is 90.3 Å². The number of anilines is 2. The molecule has 3 unspecified atom stereocenters. The second-order valence-corrected chi connectivity index (χ2v) is 25.7. The van der Waals surface area contributed by atoms with E-state index in [-0.39, 0.29) is 103 Å². The lowest BCUT2D eigenvalue weighted by Crippen LogP contribution is -2.54. The van der Waals surface area contributed by atoms with Crippen molar-refractivity contribution >= 4 is 41.3 Å². The Kier molecular flexibility index (Phi) is 25.3. The van der Waals surface area contributed by atoms with Crippen molar-refractivity contribution in [3.63, 3.8) is 0 Å².